The molecule has 0 aliphatic carbocycles. The molecule has 4 rings (SSSR count). The van der Waals surface area contributed by atoms with Gasteiger partial charge in [0, 0.05) is 31.9 Å². The summed E-state index contributed by atoms with van der Waals surface area (Å²) >= 11 is 5.74. The van der Waals surface area contributed by atoms with E-state index < -0.39 is 5.82 Å². The van der Waals surface area contributed by atoms with Crippen molar-refractivity contribution in [2.75, 3.05) is 6.54 Å². The van der Waals surface area contributed by atoms with Crippen molar-refractivity contribution in [1.29, 1.82) is 0 Å². The molecule has 0 spiro atoms. The van der Waals surface area contributed by atoms with Crippen molar-refractivity contribution in [3.63, 3.8) is 0 Å². The predicted molar refractivity (Wildman–Crippen MR) is 111 cm³/mol. The Kier molecular flexibility index (Phi) is 6.20. The van der Waals surface area contributed by atoms with Crippen molar-refractivity contribution in [1.82, 2.24) is 20.7 Å². The van der Waals surface area contributed by atoms with Crippen molar-refractivity contribution in [2.24, 2.45) is 0 Å². The molecule has 2 N–H and O–H groups in total. The van der Waals surface area contributed by atoms with E-state index >= 15 is 0 Å². The number of amides is 2. The summed E-state index contributed by atoms with van der Waals surface area (Å²) in [6.45, 7) is 0.471. The maximum absolute atomic E-state index is 13.2. The third kappa shape index (κ3) is 4.86. The summed E-state index contributed by atoms with van der Waals surface area (Å²) in [6.07, 6.45) is 4.09. The van der Waals surface area contributed by atoms with E-state index in [0.29, 0.717) is 12.0 Å². The van der Waals surface area contributed by atoms with Gasteiger partial charge in [-0.1, -0.05) is 29.8 Å². The largest absolute Gasteiger partial charge is 0.352 e. The van der Waals surface area contributed by atoms with Crippen molar-refractivity contribution in [3.05, 3.63) is 82.6 Å². The van der Waals surface area contributed by atoms with E-state index in [1.54, 1.807) is 35.6 Å². The molecule has 2 heterocycles. The lowest BCUT2D eigenvalue weighted by Gasteiger charge is -2.31. The van der Waals surface area contributed by atoms with Gasteiger partial charge in [0.1, 0.15) is 17.7 Å². The van der Waals surface area contributed by atoms with Crippen LogP contribution >= 0.6 is 11.6 Å². The average molecular weight is 447 g/mol. The van der Waals surface area contributed by atoms with Crippen LogP contribution in [0.2, 0.25) is 5.02 Å². The van der Waals surface area contributed by atoms with Crippen LogP contribution in [-0.4, -0.2) is 34.3 Å². The van der Waals surface area contributed by atoms with Gasteiger partial charge >= 0.3 is 0 Å². The number of hydrogen-bond acceptors (Lipinski definition) is 4. The number of carbonyl (C=O) groups is 2. The molecule has 2 aromatic rings. The van der Waals surface area contributed by atoms with Gasteiger partial charge in [0.25, 0.3) is 5.91 Å². The molecule has 2 atom stereocenters. The number of fused-ring (bicyclic) bond motifs is 1. The van der Waals surface area contributed by atoms with Gasteiger partial charge < -0.3 is 15.2 Å². The fourth-order valence-electron chi connectivity index (χ4n) is 3.69. The zero-order valence-electron chi connectivity index (χ0n) is 16.5. The highest BCUT2D eigenvalue weighted by Crippen LogP contribution is 2.30. The van der Waals surface area contributed by atoms with Gasteiger partial charge in [-0.3, -0.25) is 9.59 Å². The molecule has 6 nitrogen and oxygen atoms in total. The Hall–Kier alpha value is -2.97. The van der Waals surface area contributed by atoms with Crippen LogP contribution in [0.1, 0.15) is 30.0 Å². The summed E-state index contributed by atoms with van der Waals surface area (Å²) in [7, 11) is 0. The summed E-state index contributed by atoms with van der Waals surface area (Å²) in [5.74, 6) is -1.14. The van der Waals surface area contributed by atoms with E-state index in [1.165, 1.54) is 29.2 Å². The Bertz CT molecular complexity index is 1020. The van der Waals surface area contributed by atoms with Gasteiger partial charge in [-0.25, -0.2) is 14.2 Å². The van der Waals surface area contributed by atoms with Crippen molar-refractivity contribution < 1.29 is 18.4 Å². The van der Waals surface area contributed by atoms with E-state index in [2.05, 4.69) is 10.7 Å². The second-order valence-corrected chi connectivity index (χ2v) is 7.90. The van der Waals surface area contributed by atoms with Crippen molar-refractivity contribution >= 4 is 23.4 Å². The third-order valence-electron chi connectivity index (χ3n) is 5.40. The van der Waals surface area contributed by atoms with Crippen LogP contribution in [-0.2, 0) is 16.1 Å². The Morgan fingerprint density at radius 3 is 2.68 bits per heavy atom. The second-order valence-electron chi connectivity index (χ2n) is 7.50. The Labute approximate surface area is 183 Å². The molecular weight excluding hydrogens is 426 g/mol. The molecule has 0 aromatic heterocycles. The van der Waals surface area contributed by atoms with Gasteiger partial charge in [-0.15, -0.1) is 0 Å². The highest BCUT2D eigenvalue weighted by Gasteiger charge is 2.39. The van der Waals surface area contributed by atoms with Crippen LogP contribution in [0.4, 0.5) is 8.78 Å². The fourth-order valence-corrected chi connectivity index (χ4v) is 3.90. The summed E-state index contributed by atoms with van der Waals surface area (Å²) in [4.78, 5) is 26.6. The summed E-state index contributed by atoms with van der Waals surface area (Å²) in [5, 5.41) is 4.50. The SMILES string of the molecule is O=C(CCN1C=CN2NC(c3ccc(F)cc3)CC2C1=O)NCc1ccc(F)c(Cl)c1. The van der Waals surface area contributed by atoms with Gasteiger partial charge in [-0.2, -0.15) is 0 Å². The molecule has 2 aliphatic heterocycles. The molecule has 0 radical (unpaired) electrons. The molecular formula is C22H21ClF2N4O2. The Balaban J connectivity index is 1.28. The molecule has 1 saturated heterocycles. The lowest BCUT2D eigenvalue weighted by atomic mass is 10.0. The highest BCUT2D eigenvalue weighted by atomic mass is 35.5. The topological polar surface area (TPSA) is 64.7 Å². The van der Waals surface area contributed by atoms with E-state index in [4.69, 9.17) is 11.6 Å². The van der Waals surface area contributed by atoms with Crippen LogP contribution in [0.5, 0.6) is 0 Å². The molecule has 9 heteroatoms. The quantitative estimate of drug-likeness (QED) is 0.715. The number of rotatable bonds is 6. The molecule has 2 amide bonds. The smallest absolute Gasteiger partial charge is 0.250 e. The number of benzene rings is 2. The number of carbonyl (C=O) groups excluding carboxylic acids is 2. The van der Waals surface area contributed by atoms with Crippen LogP contribution in [0.15, 0.2) is 54.9 Å². The lowest BCUT2D eigenvalue weighted by molar-refractivity contribution is -0.134. The predicted octanol–water partition coefficient (Wildman–Crippen LogP) is 3.26. The van der Waals surface area contributed by atoms with Gasteiger partial charge in [0.2, 0.25) is 5.91 Å². The standard InChI is InChI=1S/C22H21ClF2N4O2/c23-17-11-14(1-6-18(17)25)13-26-21(30)7-8-28-9-10-29-20(22(28)31)12-19(27-29)15-2-4-16(24)5-3-15/h1-6,9-11,19-20,27H,7-8,12-13H2,(H,26,30). The first-order valence-electron chi connectivity index (χ1n) is 9.90. The molecule has 1 fully saturated rings. The Morgan fingerprint density at radius 2 is 1.94 bits per heavy atom. The minimum Gasteiger partial charge on any atom is -0.352 e. The molecule has 0 bridgehead atoms. The maximum atomic E-state index is 13.2. The normalized spacial score (nSPS) is 20.2. The van der Waals surface area contributed by atoms with Gasteiger partial charge in [0.15, 0.2) is 0 Å². The number of halogens is 3. The first-order chi connectivity index (χ1) is 14.9. The second kappa shape index (κ2) is 9.03. The highest BCUT2D eigenvalue weighted by molar-refractivity contribution is 6.30. The Morgan fingerprint density at radius 1 is 1.16 bits per heavy atom. The van der Waals surface area contributed by atoms with Gasteiger partial charge in [-0.05, 0) is 41.8 Å². The first-order valence-corrected chi connectivity index (χ1v) is 10.3. The fraction of sp³-hybridized carbons (Fsp3) is 0.273. The summed E-state index contributed by atoms with van der Waals surface area (Å²) in [5.41, 5.74) is 4.85. The van der Waals surface area contributed by atoms with E-state index in [0.717, 1.165) is 5.56 Å². The summed E-state index contributed by atoms with van der Waals surface area (Å²) < 4.78 is 26.4. The molecule has 2 aromatic carbocycles. The van der Waals surface area contributed by atoms with Crippen LogP contribution < -0.4 is 10.7 Å². The third-order valence-corrected chi connectivity index (χ3v) is 5.69. The van der Waals surface area contributed by atoms with Crippen molar-refractivity contribution in [2.45, 2.75) is 31.5 Å². The molecule has 162 valence electrons. The van der Waals surface area contributed by atoms with Gasteiger partial charge in [0.05, 0.1) is 11.1 Å². The number of nitrogens with one attached hydrogen (secondary N) is 2. The first kappa shape index (κ1) is 21.3. The zero-order valence-corrected chi connectivity index (χ0v) is 17.3. The number of nitrogens with zero attached hydrogens (tertiary/aromatic N) is 2. The summed E-state index contributed by atoms with van der Waals surface area (Å²) in [6, 6.07) is 10.0. The van der Waals surface area contributed by atoms with Crippen LogP contribution in [0.25, 0.3) is 0 Å². The van der Waals surface area contributed by atoms with E-state index in [9.17, 15) is 18.4 Å². The maximum Gasteiger partial charge on any atom is 0.250 e. The molecule has 2 unspecified atom stereocenters. The number of hydrazine groups is 1. The van der Waals surface area contributed by atoms with E-state index in [-0.39, 0.29) is 54.2 Å². The monoisotopic (exact) mass is 446 g/mol. The molecule has 0 saturated carbocycles. The van der Waals surface area contributed by atoms with Crippen molar-refractivity contribution in [3.8, 4) is 0 Å². The number of hydrogen-bond donors (Lipinski definition) is 2. The van der Waals surface area contributed by atoms with Crippen LogP contribution in [0, 0.1) is 11.6 Å². The zero-order chi connectivity index (χ0) is 22.0. The molecule has 2 aliphatic rings. The minimum absolute atomic E-state index is 0.00414. The van der Waals surface area contributed by atoms with E-state index in [1.807, 2.05) is 0 Å². The minimum atomic E-state index is -0.510. The molecule has 31 heavy (non-hydrogen) atoms. The lowest BCUT2D eigenvalue weighted by Crippen LogP contribution is -2.48. The average Bonchev–Trinajstić information content (AvgIpc) is 3.20. The van der Waals surface area contributed by atoms with Crippen LogP contribution in [0.3, 0.4) is 0 Å².